The summed E-state index contributed by atoms with van der Waals surface area (Å²) in [5.74, 6) is 0.394. The third kappa shape index (κ3) is 8.69. The van der Waals surface area contributed by atoms with Crippen molar-refractivity contribution in [3.63, 3.8) is 0 Å². The molecule has 0 aliphatic rings. The van der Waals surface area contributed by atoms with Crippen LogP contribution in [0.2, 0.25) is 0 Å². The van der Waals surface area contributed by atoms with E-state index in [1.807, 2.05) is 49.3 Å². The van der Waals surface area contributed by atoms with Gasteiger partial charge in [-0.3, -0.25) is 4.79 Å². The second-order valence-corrected chi connectivity index (χ2v) is 5.73. The Bertz CT molecular complexity index is 640. The van der Waals surface area contributed by atoms with Gasteiger partial charge in [-0.1, -0.05) is 43.0 Å². The Balaban J connectivity index is 0.000000257. The maximum Gasteiger partial charge on any atom is 0.248 e. The van der Waals surface area contributed by atoms with E-state index in [0.29, 0.717) is 18.7 Å². The van der Waals surface area contributed by atoms with Crippen molar-refractivity contribution in [1.29, 1.82) is 0 Å². The molecule has 25 heavy (non-hydrogen) atoms. The number of carbonyl (C=O) groups excluding carboxylic acids is 1. The zero-order valence-electron chi connectivity index (χ0n) is 14.8. The zero-order chi connectivity index (χ0) is 18.7. The Labute approximate surface area is 149 Å². The highest BCUT2D eigenvalue weighted by atomic mass is 16.5. The van der Waals surface area contributed by atoms with E-state index in [4.69, 9.17) is 10.5 Å². The molecule has 1 unspecified atom stereocenters. The third-order valence-electron chi connectivity index (χ3n) is 3.19. The van der Waals surface area contributed by atoms with Crippen LogP contribution in [-0.4, -0.2) is 49.3 Å². The van der Waals surface area contributed by atoms with E-state index in [2.05, 4.69) is 6.58 Å². The fraction of sp³-hybridized carbons (Fsp3) is 0.250. The van der Waals surface area contributed by atoms with Gasteiger partial charge in [0.15, 0.2) is 0 Å². The molecule has 1 atom stereocenters. The lowest BCUT2D eigenvalue weighted by molar-refractivity contribution is 0.0831. The van der Waals surface area contributed by atoms with E-state index in [1.54, 1.807) is 30.3 Å². The fourth-order valence-corrected chi connectivity index (χ4v) is 1.97. The van der Waals surface area contributed by atoms with Crippen LogP contribution in [0.4, 0.5) is 0 Å². The van der Waals surface area contributed by atoms with Crippen LogP contribution in [-0.2, 0) is 0 Å². The summed E-state index contributed by atoms with van der Waals surface area (Å²) in [6.45, 7) is 4.54. The molecule has 2 aromatic rings. The number of hydrogen-bond donors (Lipinski definition) is 2. The van der Waals surface area contributed by atoms with Crippen LogP contribution in [0.5, 0.6) is 5.75 Å². The summed E-state index contributed by atoms with van der Waals surface area (Å²) in [5, 5.41) is 9.51. The number of aliphatic hydroxyl groups is 1. The smallest absolute Gasteiger partial charge is 0.248 e. The summed E-state index contributed by atoms with van der Waals surface area (Å²) in [5.41, 5.74) is 6.55. The molecular formula is C20H26N2O3. The van der Waals surface area contributed by atoms with Crippen molar-refractivity contribution in [2.45, 2.75) is 6.10 Å². The minimum absolute atomic E-state index is 0.336. The molecule has 2 rings (SSSR count). The second kappa shape index (κ2) is 11.0. The van der Waals surface area contributed by atoms with E-state index in [1.165, 1.54) is 0 Å². The van der Waals surface area contributed by atoms with Crippen LogP contribution < -0.4 is 10.5 Å². The molecule has 0 radical (unpaired) electrons. The first-order valence-electron chi connectivity index (χ1n) is 7.95. The lowest BCUT2D eigenvalue weighted by atomic mass is 10.1. The highest BCUT2D eigenvalue weighted by Crippen LogP contribution is 2.08. The molecule has 134 valence electrons. The largest absolute Gasteiger partial charge is 0.491 e. The summed E-state index contributed by atoms with van der Waals surface area (Å²) in [6.07, 6.45) is 1.27. The van der Waals surface area contributed by atoms with Crippen LogP contribution in [0.1, 0.15) is 15.9 Å². The molecular weight excluding hydrogens is 316 g/mol. The van der Waals surface area contributed by atoms with Gasteiger partial charge in [0.1, 0.15) is 18.5 Å². The Morgan fingerprint density at radius 1 is 1.20 bits per heavy atom. The first kappa shape index (κ1) is 20.4. The number of nitrogens with zero attached hydrogens (tertiary/aromatic N) is 1. The Morgan fingerprint density at radius 3 is 2.28 bits per heavy atom. The molecule has 0 aliphatic heterocycles. The van der Waals surface area contributed by atoms with E-state index in [0.717, 1.165) is 11.3 Å². The SMILES string of the molecule is C=Cc1ccc(C(N)=O)cc1.CN(C)CC(O)COc1ccccc1. The predicted octanol–water partition coefficient (Wildman–Crippen LogP) is 2.42. The quantitative estimate of drug-likeness (QED) is 0.810. The van der Waals surface area contributed by atoms with Gasteiger partial charge in [-0.2, -0.15) is 0 Å². The summed E-state index contributed by atoms with van der Waals surface area (Å²) in [6, 6.07) is 16.5. The number of carbonyl (C=O) groups is 1. The van der Waals surface area contributed by atoms with Crippen molar-refractivity contribution in [1.82, 2.24) is 4.90 Å². The van der Waals surface area contributed by atoms with E-state index >= 15 is 0 Å². The zero-order valence-corrected chi connectivity index (χ0v) is 14.8. The molecule has 0 fully saturated rings. The van der Waals surface area contributed by atoms with Crippen molar-refractivity contribution in [2.24, 2.45) is 5.73 Å². The van der Waals surface area contributed by atoms with Gasteiger partial charge in [0.2, 0.25) is 5.91 Å². The van der Waals surface area contributed by atoms with Crippen molar-refractivity contribution >= 4 is 12.0 Å². The number of benzene rings is 2. The molecule has 0 aromatic heterocycles. The molecule has 3 N–H and O–H groups in total. The number of rotatable bonds is 7. The lowest BCUT2D eigenvalue weighted by Crippen LogP contribution is -2.30. The molecule has 0 saturated heterocycles. The maximum absolute atomic E-state index is 10.6. The van der Waals surface area contributed by atoms with Crippen molar-refractivity contribution in [3.8, 4) is 5.75 Å². The molecule has 0 heterocycles. The van der Waals surface area contributed by atoms with Gasteiger partial charge >= 0.3 is 0 Å². The number of aliphatic hydroxyl groups excluding tert-OH is 1. The highest BCUT2D eigenvalue weighted by Gasteiger charge is 2.05. The van der Waals surface area contributed by atoms with Gasteiger partial charge in [0.25, 0.3) is 0 Å². The minimum Gasteiger partial charge on any atom is -0.491 e. The molecule has 0 aliphatic carbocycles. The lowest BCUT2D eigenvalue weighted by Gasteiger charge is -2.16. The van der Waals surface area contributed by atoms with Gasteiger partial charge in [-0.05, 0) is 43.9 Å². The predicted molar refractivity (Wildman–Crippen MR) is 102 cm³/mol. The number of primary amides is 1. The molecule has 2 aromatic carbocycles. The first-order valence-corrected chi connectivity index (χ1v) is 7.95. The van der Waals surface area contributed by atoms with E-state index in [9.17, 15) is 9.90 Å². The van der Waals surface area contributed by atoms with Crippen molar-refractivity contribution in [3.05, 3.63) is 72.3 Å². The maximum atomic E-state index is 10.6. The second-order valence-electron chi connectivity index (χ2n) is 5.73. The molecule has 5 heteroatoms. The van der Waals surface area contributed by atoms with Gasteiger partial charge < -0.3 is 20.5 Å². The standard InChI is InChI=1S/C11H17NO2.C9H9NO/c1-12(2)8-10(13)9-14-11-6-4-3-5-7-11;1-2-7-3-5-8(6-4-7)9(10)11/h3-7,10,13H,8-9H2,1-2H3;2-6H,1H2,(H2,10,11). The summed E-state index contributed by atoms with van der Waals surface area (Å²) in [7, 11) is 3.84. The number of hydrogen-bond acceptors (Lipinski definition) is 4. The highest BCUT2D eigenvalue weighted by molar-refractivity contribution is 5.92. The molecule has 0 spiro atoms. The monoisotopic (exact) mass is 342 g/mol. The van der Waals surface area contributed by atoms with Crippen molar-refractivity contribution in [2.75, 3.05) is 27.2 Å². The van der Waals surface area contributed by atoms with E-state index in [-0.39, 0.29) is 0 Å². The summed E-state index contributed by atoms with van der Waals surface area (Å²) in [4.78, 5) is 12.5. The molecule has 0 saturated carbocycles. The topological polar surface area (TPSA) is 75.8 Å². The Kier molecular flexibility index (Phi) is 9.00. The van der Waals surface area contributed by atoms with Crippen LogP contribution >= 0.6 is 0 Å². The molecule has 0 bridgehead atoms. The van der Waals surface area contributed by atoms with Crippen molar-refractivity contribution < 1.29 is 14.6 Å². The van der Waals surface area contributed by atoms with E-state index < -0.39 is 12.0 Å². The van der Waals surface area contributed by atoms with Gasteiger partial charge in [0, 0.05) is 12.1 Å². The number of ether oxygens (including phenoxy) is 1. The van der Waals surface area contributed by atoms with Crippen LogP contribution in [0.25, 0.3) is 6.08 Å². The summed E-state index contributed by atoms with van der Waals surface area (Å²) < 4.78 is 5.39. The average Bonchev–Trinajstić information content (AvgIpc) is 2.61. The third-order valence-corrected chi connectivity index (χ3v) is 3.19. The van der Waals surface area contributed by atoms with Gasteiger partial charge in [-0.25, -0.2) is 0 Å². The van der Waals surface area contributed by atoms with Crippen LogP contribution in [0, 0.1) is 0 Å². The number of para-hydroxylation sites is 1. The van der Waals surface area contributed by atoms with Crippen LogP contribution in [0.3, 0.4) is 0 Å². The normalized spacial score (nSPS) is 11.2. The minimum atomic E-state index is -0.440. The number of likely N-dealkylation sites (N-methyl/N-ethyl adjacent to an activating group) is 1. The Hall–Kier alpha value is -2.63. The van der Waals surface area contributed by atoms with Gasteiger partial charge in [-0.15, -0.1) is 0 Å². The summed E-state index contributed by atoms with van der Waals surface area (Å²) >= 11 is 0. The number of amides is 1. The number of nitrogens with two attached hydrogens (primary N) is 1. The average molecular weight is 342 g/mol. The van der Waals surface area contributed by atoms with Gasteiger partial charge in [0.05, 0.1) is 0 Å². The Morgan fingerprint density at radius 2 is 1.80 bits per heavy atom. The first-order chi connectivity index (χ1) is 11.9. The fourth-order valence-electron chi connectivity index (χ4n) is 1.97. The van der Waals surface area contributed by atoms with Crippen LogP contribution in [0.15, 0.2) is 61.2 Å². The molecule has 5 nitrogen and oxygen atoms in total. The molecule has 1 amide bonds.